The maximum atomic E-state index is 10.4. The third kappa shape index (κ3) is 5.61. The van der Waals surface area contributed by atoms with Crippen LogP contribution >= 0.6 is 0 Å². The van der Waals surface area contributed by atoms with Crippen LogP contribution in [0.2, 0.25) is 0 Å². The molecule has 1 aromatic rings. The van der Waals surface area contributed by atoms with Crippen molar-refractivity contribution in [3.63, 3.8) is 0 Å². The van der Waals surface area contributed by atoms with Gasteiger partial charge >= 0.3 is 5.97 Å². The first kappa shape index (κ1) is 21.3. The average Bonchev–Trinajstić information content (AvgIpc) is 2.59. The molecule has 10 heteroatoms. The van der Waals surface area contributed by atoms with Gasteiger partial charge in [-0.2, -0.15) is 0 Å². The summed E-state index contributed by atoms with van der Waals surface area (Å²) in [6.45, 7) is 0. The van der Waals surface area contributed by atoms with E-state index in [-0.39, 0.29) is 12.2 Å². The quantitative estimate of drug-likeness (QED) is 0.260. The summed E-state index contributed by atoms with van der Waals surface area (Å²) in [7, 11) is 0. The Balaban J connectivity index is 0.000000251. The molecule has 0 amide bonds. The van der Waals surface area contributed by atoms with Crippen LogP contribution in [0.4, 0.5) is 0 Å². The number of carboxylic acid groups (broad SMARTS) is 1. The van der Waals surface area contributed by atoms with Crippen LogP contribution in [0.5, 0.6) is 5.75 Å². The SMILES string of the molecule is NC(Cc1ccc(O)cc1)C(=O)O.O[C@H]1[C@H](O)[C@@H](O)[C@H](O)[C@@H](O)[C@H]1O. The van der Waals surface area contributed by atoms with Crippen molar-refractivity contribution in [3.8, 4) is 5.75 Å². The minimum absolute atomic E-state index is 0.160. The number of hydrogen-bond donors (Lipinski definition) is 9. The van der Waals surface area contributed by atoms with E-state index in [2.05, 4.69) is 0 Å². The number of rotatable bonds is 3. The van der Waals surface area contributed by atoms with Crippen molar-refractivity contribution >= 4 is 5.97 Å². The summed E-state index contributed by atoms with van der Waals surface area (Å²) in [5, 5.41) is 71.3. The summed E-state index contributed by atoms with van der Waals surface area (Å²) in [6, 6.07) is 5.42. The van der Waals surface area contributed by atoms with Gasteiger partial charge in [0.2, 0.25) is 0 Å². The van der Waals surface area contributed by atoms with Gasteiger partial charge in [0.25, 0.3) is 0 Å². The number of carboxylic acids is 1. The molecule has 1 saturated carbocycles. The molecule has 142 valence electrons. The fourth-order valence-corrected chi connectivity index (χ4v) is 2.19. The highest BCUT2D eigenvalue weighted by Crippen LogP contribution is 2.20. The molecule has 1 unspecified atom stereocenters. The number of aliphatic hydroxyl groups excluding tert-OH is 6. The Morgan fingerprint density at radius 1 is 0.840 bits per heavy atom. The highest BCUT2D eigenvalue weighted by molar-refractivity contribution is 5.73. The van der Waals surface area contributed by atoms with Crippen molar-refractivity contribution in [2.45, 2.75) is 49.1 Å². The fourth-order valence-electron chi connectivity index (χ4n) is 2.19. The summed E-state index contributed by atoms with van der Waals surface area (Å²) in [6.07, 6.45) is -9.57. The molecule has 1 fully saturated rings. The van der Waals surface area contributed by atoms with E-state index in [4.69, 9.17) is 46.6 Å². The van der Waals surface area contributed by atoms with Gasteiger partial charge in [0.1, 0.15) is 48.4 Å². The number of aromatic hydroxyl groups is 1. The predicted octanol–water partition coefficient (Wildman–Crippen LogP) is -3.49. The van der Waals surface area contributed by atoms with Gasteiger partial charge in [-0.1, -0.05) is 12.1 Å². The monoisotopic (exact) mass is 361 g/mol. The molecular formula is C15H23NO9. The summed E-state index contributed by atoms with van der Waals surface area (Å²) < 4.78 is 0. The molecule has 10 nitrogen and oxygen atoms in total. The molecule has 1 aliphatic rings. The normalized spacial score (nSPS) is 33.1. The zero-order valence-electron chi connectivity index (χ0n) is 13.1. The van der Waals surface area contributed by atoms with Gasteiger partial charge in [-0.3, -0.25) is 4.79 Å². The van der Waals surface area contributed by atoms with Crippen molar-refractivity contribution in [3.05, 3.63) is 29.8 Å². The summed E-state index contributed by atoms with van der Waals surface area (Å²) in [4.78, 5) is 10.4. The lowest BCUT2D eigenvalue weighted by Gasteiger charge is -2.39. The van der Waals surface area contributed by atoms with E-state index in [9.17, 15) is 4.79 Å². The van der Waals surface area contributed by atoms with Crippen molar-refractivity contribution in [2.75, 3.05) is 0 Å². The molecule has 0 spiro atoms. The van der Waals surface area contributed by atoms with Gasteiger partial charge in [-0.15, -0.1) is 0 Å². The molecule has 2 rings (SSSR count). The molecule has 0 bridgehead atoms. The minimum atomic E-state index is -1.64. The Bertz CT molecular complexity index is 494. The first-order valence-electron chi connectivity index (χ1n) is 7.41. The van der Waals surface area contributed by atoms with Crippen molar-refractivity contribution in [1.29, 1.82) is 0 Å². The number of benzene rings is 1. The van der Waals surface area contributed by atoms with E-state index in [0.717, 1.165) is 5.56 Å². The van der Waals surface area contributed by atoms with Crippen LogP contribution in [0.1, 0.15) is 5.56 Å². The van der Waals surface area contributed by atoms with Gasteiger partial charge in [-0.25, -0.2) is 0 Å². The van der Waals surface area contributed by atoms with Gasteiger partial charge in [0.15, 0.2) is 0 Å². The lowest BCUT2D eigenvalue weighted by molar-refractivity contribution is -0.223. The Labute approximate surface area is 143 Å². The Morgan fingerprint density at radius 3 is 1.44 bits per heavy atom. The average molecular weight is 361 g/mol. The van der Waals surface area contributed by atoms with Crippen molar-refractivity contribution in [1.82, 2.24) is 0 Å². The zero-order valence-corrected chi connectivity index (χ0v) is 13.1. The molecule has 0 aromatic heterocycles. The lowest BCUT2D eigenvalue weighted by atomic mass is 9.85. The number of aliphatic carboxylic acids is 1. The highest BCUT2D eigenvalue weighted by Gasteiger charge is 2.47. The topological polar surface area (TPSA) is 205 Å². The van der Waals surface area contributed by atoms with Crippen LogP contribution in [0.3, 0.4) is 0 Å². The Kier molecular flexibility index (Phi) is 7.70. The maximum absolute atomic E-state index is 10.4. The summed E-state index contributed by atoms with van der Waals surface area (Å²) >= 11 is 0. The molecule has 0 radical (unpaired) electrons. The number of nitrogens with two attached hydrogens (primary N) is 1. The summed E-state index contributed by atoms with van der Waals surface area (Å²) in [5.41, 5.74) is 6.12. The molecule has 0 saturated heterocycles. The van der Waals surface area contributed by atoms with E-state index in [0.29, 0.717) is 0 Å². The standard InChI is InChI=1S/C9H11NO3.C6H12O6/c10-8(9(12)13)5-6-1-3-7(11)4-2-6;7-1-2(8)4(10)6(12)5(11)3(1)9/h1-4,8,11H,5,10H2,(H,12,13);1-12H/t;1-,2-,3-,4+,5-,6-. The number of phenolic OH excluding ortho intramolecular Hbond substituents is 1. The highest BCUT2D eigenvalue weighted by atomic mass is 16.4. The van der Waals surface area contributed by atoms with Crippen LogP contribution < -0.4 is 5.73 Å². The van der Waals surface area contributed by atoms with Crippen LogP contribution in [0, 0.1) is 0 Å². The van der Waals surface area contributed by atoms with Crippen LogP contribution in [0.25, 0.3) is 0 Å². The van der Waals surface area contributed by atoms with Crippen molar-refractivity contribution in [2.24, 2.45) is 5.73 Å². The van der Waals surface area contributed by atoms with Gasteiger partial charge in [-0.05, 0) is 24.1 Å². The minimum Gasteiger partial charge on any atom is -0.508 e. The molecule has 0 heterocycles. The van der Waals surface area contributed by atoms with Gasteiger partial charge in [0.05, 0.1) is 0 Å². The van der Waals surface area contributed by atoms with Gasteiger partial charge in [0, 0.05) is 0 Å². The Morgan fingerprint density at radius 2 is 1.16 bits per heavy atom. The molecular weight excluding hydrogens is 338 g/mol. The van der Waals surface area contributed by atoms with Crippen LogP contribution in [0.15, 0.2) is 24.3 Å². The number of hydrogen-bond acceptors (Lipinski definition) is 9. The second kappa shape index (κ2) is 9.06. The third-order valence-corrected chi connectivity index (χ3v) is 3.81. The molecule has 1 atom stereocenters. The van der Waals surface area contributed by atoms with Crippen LogP contribution in [-0.2, 0) is 11.2 Å². The molecule has 0 aliphatic heterocycles. The smallest absolute Gasteiger partial charge is 0.320 e. The predicted molar refractivity (Wildman–Crippen MR) is 83.5 cm³/mol. The van der Waals surface area contributed by atoms with E-state index in [1.165, 1.54) is 12.1 Å². The fraction of sp³-hybridized carbons (Fsp3) is 0.533. The molecule has 1 aliphatic carbocycles. The zero-order chi connectivity index (χ0) is 19.3. The third-order valence-electron chi connectivity index (χ3n) is 3.81. The van der Waals surface area contributed by atoms with Crippen LogP contribution in [-0.4, -0.2) is 89.5 Å². The second-order valence-corrected chi connectivity index (χ2v) is 5.76. The van der Waals surface area contributed by atoms with E-state index in [1.54, 1.807) is 12.1 Å². The Hall–Kier alpha value is -1.79. The first-order valence-corrected chi connectivity index (χ1v) is 7.41. The maximum Gasteiger partial charge on any atom is 0.320 e. The number of carbonyl (C=O) groups is 1. The lowest BCUT2D eigenvalue weighted by Crippen LogP contribution is -2.63. The van der Waals surface area contributed by atoms with Gasteiger partial charge < -0.3 is 46.6 Å². The molecule has 25 heavy (non-hydrogen) atoms. The molecule has 10 N–H and O–H groups in total. The van der Waals surface area contributed by atoms with Crippen molar-refractivity contribution < 1.29 is 45.6 Å². The number of aliphatic hydroxyl groups is 6. The first-order chi connectivity index (χ1) is 11.6. The van der Waals surface area contributed by atoms with E-state index < -0.39 is 48.6 Å². The molecule has 1 aromatic carbocycles. The summed E-state index contributed by atoms with van der Waals surface area (Å²) in [5.74, 6) is -0.860. The van der Waals surface area contributed by atoms with E-state index in [1.807, 2.05) is 0 Å². The second-order valence-electron chi connectivity index (χ2n) is 5.76. The largest absolute Gasteiger partial charge is 0.508 e. The number of phenols is 1. The van der Waals surface area contributed by atoms with E-state index >= 15 is 0 Å².